The minimum Gasteiger partial charge on any atom is -0.601 e. The van der Waals surface area contributed by atoms with Gasteiger partial charge in [0.25, 0.3) is 0 Å². The number of rotatable bonds is 1. The minimum absolute atomic E-state index is 0. The SMILES string of the molecule is [CH-]=CN=[C-]C.[U+2]. The maximum Gasteiger partial charge on any atom is 2.00 e. The van der Waals surface area contributed by atoms with Gasteiger partial charge in [0, 0.05) is 0 Å². The molecule has 0 aliphatic heterocycles. The van der Waals surface area contributed by atoms with Crippen molar-refractivity contribution >= 4 is 6.21 Å². The van der Waals surface area contributed by atoms with Crippen molar-refractivity contribution in [3.8, 4) is 0 Å². The molecule has 30 valence electrons. The zero-order chi connectivity index (χ0) is 4.12. The third-order valence-corrected chi connectivity index (χ3v) is 0.204. The Morgan fingerprint density at radius 1 is 1.83 bits per heavy atom. The van der Waals surface area contributed by atoms with Gasteiger partial charge in [0.1, 0.15) is 0 Å². The largest absolute Gasteiger partial charge is 2.00 e. The molecular weight excluding hydrogens is 300 g/mol. The van der Waals surface area contributed by atoms with Crippen LogP contribution >= 0.6 is 0 Å². The summed E-state index contributed by atoms with van der Waals surface area (Å²) >= 11 is 0. The second-order valence-electron chi connectivity index (χ2n) is 0.502. The normalized spacial score (nSPS) is 7.50. The van der Waals surface area contributed by atoms with Gasteiger partial charge in [0.2, 0.25) is 0 Å². The van der Waals surface area contributed by atoms with Crippen LogP contribution in [0.4, 0.5) is 0 Å². The molecule has 0 saturated carbocycles. The van der Waals surface area contributed by atoms with E-state index < -0.39 is 0 Å². The van der Waals surface area contributed by atoms with Gasteiger partial charge < -0.3 is 17.8 Å². The topological polar surface area (TPSA) is 12.4 Å². The number of hydrogen-bond donors (Lipinski definition) is 0. The molecule has 0 aromatic carbocycles. The van der Waals surface area contributed by atoms with Crippen molar-refractivity contribution in [1.29, 1.82) is 0 Å². The fraction of sp³-hybridized carbons (Fsp3) is 0.250. The van der Waals surface area contributed by atoms with Gasteiger partial charge in [-0.05, 0) is 0 Å². The van der Waals surface area contributed by atoms with Crippen LogP contribution in [-0.4, -0.2) is 6.21 Å². The molecule has 0 atom stereocenters. The van der Waals surface area contributed by atoms with Gasteiger partial charge in [0.15, 0.2) is 0 Å². The first-order chi connectivity index (χ1) is 2.41. The Kier molecular flexibility index (Phi) is 14.6. The van der Waals surface area contributed by atoms with Gasteiger partial charge in [-0.3, -0.25) is 0 Å². The van der Waals surface area contributed by atoms with Gasteiger partial charge in [0.05, 0.1) is 0 Å². The summed E-state index contributed by atoms with van der Waals surface area (Å²) in [5.41, 5.74) is 0. The van der Waals surface area contributed by atoms with E-state index in [1.165, 1.54) is 6.20 Å². The van der Waals surface area contributed by atoms with Crippen LogP contribution in [0.2, 0.25) is 0 Å². The van der Waals surface area contributed by atoms with Crippen LogP contribution in [0.25, 0.3) is 0 Å². The molecule has 0 aromatic heterocycles. The van der Waals surface area contributed by atoms with E-state index in [9.17, 15) is 0 Å². The number of aliphatic imine (C=N–C) groups is 1. The molecule has 0 aromatic rings. The Hall–Kier alpha value is 0.462. The quantitative estimate of drug-likeness (QED) is 0.504. The summed E-state index contributed by atoms with van der Waals surface area (Å²) in [6, 6.07) is 0. The first-order valence-corrected chi connectivity index (χ1v) is 1.32. The molecule has 0 saturated heterocycles. The molecule has 2 heteroatoms. The van der Waals surface area contributed by atoms with Gasteiger partial charge in [-0.15, -0.1) is 6.92 Å². The van der Waals surface area contributed by atoms with Gasteiger partial charge in [-0.25, -0.2) is 0 Å². The van der Waals surface area contributed by atoms with E-state index in [1.807, 2.05) is 0 Å². The van der Waals surface area contributed by atoms with Crippen LogP contribution in [0.1, 0.15) is 6.92 Å². The van der Waals surface area contributed by atoms with Gasteiger partial charge in [-0.2, -0.15) is 6.21 Å². The van der Waals surface area contributed by atoms with Crippen LogP contribution in [0.15, 0.2) is 11.2 Å². The first kappa shape index (κ1) is 9.68. The molecular formula is C4H5NU. The molecule has 0 amide bonds. The maximum atomic E-state index is 4.78. The van der Waals surface area contributed by atoms with E-state index in [2.05, 4.69) is 11.2 Å². The van der Waals surface area contributed by atoms with Crippen molar-refractivity contribution in [3.05, 3.63) is 12.8 Å². The first-order valence-electron chi connectivity index (χ1n) is 1.32. The number of nitrogens with zero attached hydrogens (tertiary/aromatic N) is 1. The second kappa shape index (κ2) is 9.07. The molecule has 0 fully saturated rings. The summed E-state index contributed by atoms with van der Waals surface area (Å²) < 4.78 is 0. The summed E-state index contributed by atoms with van der Waals surface area (Å²) in [7, 11) is 0. The predicted molar refractivity (Wildman–Crippen MR) is 22.0 cm³/mol. The van der Waals surface area contributed by atoms with Crippen LogP contribution < -0.4 is 0 Å². The smallest absolute Gasteiger partial charge is 0.601 e. The molecule has 1 nitrogen and oxygen atoms in total. The van der Waals surface area contributed by atoms with Gasteiger partial charge >= 0.3 is 31.1 Å². The fourth-order valence-corrected chi connectivity index (χ4v) is 0.0745. The van der Waals surface area contributed by atoms with E-state index in [0.717, 1.165) is 0 Å². The Morgan fingerprint density at radius 3 is 2.33 bits per heavy atom. The summed E-state index contributed by atoms with van der Waals surface area (Å²) in [6.07, 6.45) is 3.66. The Labute approximate surface area is 61.9 Å². The van der Waals surface area contributed by atoms with Crippen molar-refractivity contribution in [2.45, 2.75) is 6.92 Å². The molecule has 0 bridgehead atoms. The third kappa shape index (κ3) is 8.82. The Morgan fingerprint density at radius 2 is 2.33 bits per heavy atom. The third-order valence-electron chi connectivity index (χ3n) is 0.204. The standard InChI is InChI=1S/C4H5N.U/c1-3-5-4-2;/h1,3H,2H3;/q-2;+2. The van der Waals surface area contributed by atoms with Crippen LogP contribution in [-0.2, 0) is 0 Å². The van der Waals surface area contributed by atoms with Gasteiger partial charge in [-0.1, -0.05) is 0 Å². The molecule has 0 heterocycles. The van der Waals surface area contributed by atoms with E-state index in [0.29, 0.717) is 0 Å². The van der Waals surface area contributed by atoms with Crippen molar-refractivity contribution in [3.63, 3.8) is 0 Å². The minimum atomic E-state index is 0. The zero-order valence-electron chi connectivity index (χ0n) is 3.60. The van der Waals surface area contributed by atoms with E-state index in [-0.39, 0.29) is 31.1 Å². The molecule has 0 radical (unpaired) electrons. The maximum absolute atomic E-state index is 4.78. The summed E-state index contributed by atoms with van der Waals surface area (Å²) in [6.45, 7) is 6.47. The van der Waals surface area contributed by atoms with Crippen molar-refractivity contribution in [2.75, 3.05) is 0 Å². The molecule has 6 heavy (non-hydrogen) atoms. The van der Waals surface area contributed by atoms with E-state index in [1.54, 1.807) is 6.92 Å². The Balaban J connectivity index is 0. The molecule has 0 aliphatic rings. The second-order valence-corrected chi connectivity index (χ2v) is 0.502. The van der Waals surface area contributed by atoms with Crippen molar-refractivity contribution in [1.82, 2.24) is 0 Å². The molecule has 0 unspecified atom stereocenters. The monoisotopic (exact) mass is 305 g/mol. The predicted octanol–water partition coefficient (Wildman–Crippen LogP) is 0.901. The molecule has 0 aliphatic carbocycles. The molecule has 0 rings (SSSR count). The fourth-order valence-electron chi connectivity index (χ4n) is 0.0745. The van der Waals surface area contributed by atoms with Crippen LogP contribution in [0.3, 0.4) is 0 Å². The van der Waals surface area contributed by atoms with E-state index >= 15 is 0 Å². The average molecular weight is 305 g/mol. The van der Waals surface area contributed by atoms with Crippen molar-refractivity contribution < 1.29 is 31.1 Å². The summed E-state index contributed by atoms with van der Waals surface area (Å²) in [5.74, 6) is 0. The Bertz CT molecular complexity index is 49.5. The van der Waals surface area contributed by atoms with Crippen LogP contribution in [0.5, 0.6) is 0 Å². The summed E-state index contributed by atoms with van der Waals surface area (Å²) in [4.78, 5) is 3.38. The number of hydrogen-bond acceptors (Lipinski definition) is 1. The molecule has 0 N–H and O–H groups in total. The van der Waals surface area contributed by atoms with Crippen LogP contribution in [0, 0.1) is 37.7 Å². The average Bonchev–Trinajstić information content (AvgIpc) is 1.41. The van der Waals surface area contributed by atoms with Crippen molar-refractivity contribution in [2.24, 2.45) is 4.99 Å². The van der Waals surface area contributed by atoms with E-state index in [4.69, 9.17) is 6.58 Å². The zero-order valence-corrected chi connectivity index (χ0v) is 7.77. The molecule has 0 spiro atoms. The summed E-state index contributed by atoms with van der Waals surface area (Å²) in [5, 5.41) is 0.